The molecule has 3 aromatic rings. The molecule has 0 spiro atoms. The zero-order valence-electron chi connectivity index (χ0n) is 10.2. The van der Waals surface area contributed by atoms with Crippen molar-refractivity contribution in [2.45, 2.75) is 5.22 Å². The molecule has 0 aliphatic carbocycles. The first-order valence-electron chi connectivity index (χ1n) is 5.94. The van der Waals surface area contributed by atoms with Crippen molar-refractivity contribution in [3.8, 4) is 11.8 Å². The van der Waals surface area contributed by atoms with Gasteiger partial charge in [-0.2, -0.15) is 0 Å². The van der Waals surface area contributed by atoms with E-state index in [2.05, 4.69) is 16.8 Å². The summed E-state index contributed by atoms with van der Waals surface area (Å²) in [7, 11) is 0. The molecule has 1 aromatic heterocycles. The van der Waals surface area contributed by atoms with Gasteiger partial charge >= 0.3 is 0 Å². The summed E-state index contributed by atoms with van der Waals surface area (Å²) in [5, 5.41) is 0.670. The molecule has 19 heavy (non-hydrogen) atoms. The minimum Gasteiger partial charge on any atom is -0.431 e. The van der Waals surface area contributed by atoms with Gasteiger partial charge in [-0.05, 0) is 24.3 Å². The highest BCUT2D eigenvalue weighted by atomic mass is 32.2. The van der Waals surface area contributed by atoms with E-state index in [4.69, 9.17) is 4.42 Å². The van der Waals surface area contributed by atoms with Gasteiger partial charge in [0.25, 0.3) is 5.22 Å². The topological polar surface area (TPSA) is 26.0 Å². The molecule has 3 heteroatoms. The SMILES string of the molecule is C(#Cc1ccccc1)CSc1nc2ccccc2o1. The average molecular weight is 265 g/mol. The van der Waals surface area contributed by atoms with Crippen LogP contribution in [0.25, 0.3) is 11.1 Å². The molecular formula is C16H11NOS. The van der Waals surface area contributed by atoms with Gasteiger partial charge in [-0.25, -0.2) is 4.98 Å². The monoisotopic (exact) mass is 265 g/mol. The van der Waals surface area contributed by atoms with Crippen molar-refractivity contribution in [2.75, 3.05) is 5.75 Å². The van der Waals surface area contributed by atoms with Gasteiger partial charge in [0.05, 0.1) is 5.75 Å². The van der Waals surface area contributed by atoms with E-state index in [1.165, 1.54) is 11.8 Å². The maximum atomic E-state index is 5.60. The van der Waals surface area contributed by atoms with Gasteiger partial charge in [0, 0.05) is 5.56 Å². The average Bonchev–Trinajstić information content (AvgIpc) is 2.87. The summed E-state index contributed by atoms with van der Waals surface area (Å²) < 4.78 is 5.60. The van der Waals surface area contributed by atoms with Gasteiger partial charge in [0.2, 0.25) is 0 Å². The van der Waals surface area contributed by atoms with Crippen LogP contribution in [-0.4, -0.2) is 10.7 Å². The Hall–Kier alpha value is -2.18. The van der Waals surface area contributed by atoms with Crippen molar-refractivity contribution in [2.24, 2.45) is 0 Å². The maximum Gasteiger partial charge on any atom is 0.257 e. The Bertz CT molecular complexity index is 704. The van der Waals surface area contributed by atoms with Crippen LogP contribution < -0.4 is 0 Å². The summed E-state index contributed by atoms with van der Waals surface area (Å²) in [5.41, 5.74) is 2.74. The molecule has 0 fully saturated rings. The van der Waals surface area contributed by atoms with Crippen LogP contribution in [0.5, 0.6) is 0 Å². The van der Waals surface area contributed by atoms with Crippen molar-refractivity contribution in [3.63, 3.8) is 0 Å². The largest absolute Gasteiger partial charge is 0.431 e. The van der Waals surface area contributed by atoms with E-state index in [-0.39, 0.29) is 0 Å². The Kier molecular flexibility index (Phi) is 3.53. The number of hydrogen-bond donors (Lipinski definition) is 0. The predicted octanol–water partition coefficient (Wildman–Crippen LogP) is 3.97. The zero-order chi connectivity index (χ0) is 12.9. The number of thioether (sulfide) groups is 1. The van der Waals surface area contributed by atoms with E-state index in [0.29, 0.717) is 11.0 Å². The molecule has 0 radical (unpaired) electrons. The maximum absolute atomic E-state index is 5.60. The predicted molar refractivity (Wildman–Crippen MR) is 78.1 cm³/mol. The molecule has 0 atom stereocenters. The number of rotatable bonds is 2. The molecular weight excluding hydrogens is 254 g/mol. The van der Waals surface area contributed by atoms with Crippen molar-refractivity contribution in [1.29, 1.82) is 0 Å². The van der Waals surface area contributed by atoms with Gasteiger partial charge < -0.3 is 4.42 Å². The number of aromatic nitrogens is 1. The van der Waals surface area contributed by atoms with Crippen LogP contribution in [0.4, 0.5) is 0 Å². The summed E-state index contributed by atoms with van der Waals surface area (Å²) in [4.78, 5) is 4.39. The lowest BCUT2D eigenvalue weighted by molar-refractivity contribution is 0.490. The number of oxazole rings is 1. The highest BCUT2D eigenvalue weighted by molar-refractivity contribution is 7.99. The molecule has 3 rings (SSSR count). The molecule has 0 bridgehead atoms. The molecule has 2 aromatic carbocycles. The lowest BCUT2D eigenvalue weighted by Crippen LogP contribution is -1.75. The summed E-state index contributed by atoms with van der Waals surface area (Å²) in [6, 6.07) is 17.7. The highest BCUT2D eigenvalue weighted by Gasteiger charge is 2.03. The second kappa shape index (κ2) is 5.64. The van der Waals surface area contributed by atoms with Crippen molar-refractivity contribution >= 4 is 22.9 Å². The number of nitrogens with zero attached hydrogens (tertiary/aromatic N) is 1. The number of para-hydroxylation sites is 2. The first-order valence-corrected chi connectivity index (χ1v) is 6.93. The summed E-state index contributed by atoms with van der Waals surface area (Å²) in [5.74, 6) is 6.88. The third-order valence-corrected chi connectivity index (χ3v) is 3.26. The molecule has 0 unspecified atom stereocenters. The fourth-order valence-electron chi connectivity index (χ4n) is 1.67. The van der Waals surface area contributed by atoms with Crippen LogP contribution in [0.1, 0.15) is 5.56 Å². The van der Waals surface area contributed by atoms with E-state index in [0.717, 1.165) is 16.7 Å². The smallest absolute Gasteiger partial charge is 0.257 e. The zero-order valence-corrected chi connectivity index (χ0v) is 11.0. The van der Waals surface area contributed by atoms with Gasteiger partial charge in [0.1, 0.15) is 5.52 Å². The minimum absolute atomic E-state index is 0.668. The summed E-state index contributed by atoms with van der Waals surface area (Å²) in [6.07, 6.45) is 0. The lowest BCUT2D eigenvalue weighted by atomic mass is 10.2. The molecule has 0 N–H and O–H groups in total. The van der Waals surface area contributed by atoms with E-state index in [9.17, 15) is 0 Å². The molecule has 0 saturated heterocycles. The Morgan fingerprint density at radius 1 is 1.00 bits per heavy atom. The third-order valence-electron chi connectivity index (χ3n) is 2.55. The summed E-state index contributed by atoms with van der Waals surface area (Å²) in [6.45, 7) is 0. The van der Waals surface area contributed by atoms with Crippen LogP contribution in [0.3, 0.4) is 0 Å². The van der Waals surface area contributed by atoms with Crippen molar-refractivity contribution in [1.82, 2.24) is 4.98 Å². The third kappa shape index (κ3) is 2.98. The van der Waals surface area contributed by atoms with Gasteiger partial charge in [-0.15, -0.1) is 0 Å². The first-order chi connectivity index (χ1) is 9.42. The first kappa shape index (κ1) is 11.9. The molecule has 1 heterocycles. The van der Waals surface area contributed by atoms with Crippen LogP contribution in [0.15, 0.2) is 64.2 Å². The molecule has 0 saturated carbocycles. The van der Waals surface area contributed by atoms with E-state index >= 15 is 0 Å². The van der Waals surface area contributed by atoms with Gasteiger partial charge in [-0.1, -0.05) is 53.9 Å². The Morgan fingerprint density at radius 3 is 2.63 bits per heavy atom. The van der Waals surface area contributed by atoms with Crippen LogP contribution >= 0.6 is 11.8 Å². The van der Waals surface area contributed by atoms with Crippen LogP contribution in [-0.2, 0) is 0 Å². The Labute approximate surface area is 115 Å². The van der Waals surface area contributed by atoms with E-state index < -0.39 is 0 Å². The van der Waals surface area contributed by atoms with Gasteiger partial charge in [-0.3, -0.25) is 0 Å². The number of fused-ring (bicyclic) bond motifs is 1. The second-order valence-corrected chi connectivity index (χ2v) is 4.83. The number of hydrogen-bond acceptors (Lipinski definition) is 3. The minimum atomic E-state index is 0.668. The van der Waals surface area contributed by atoms with Crippen LogP contribution in [0.2, 0.25) is 0 Å². The second-order valence-electron chi connectivity index (χ2n) is 3.90. The quantitative estimate of drug-likeness (QED) is 0.518. The molecule has 0 aliphatic heterocycles. The summed E-state index contributed by atoms with van der Waals surface area (Å²) >= 11 is 1.51. The Morgan fingerprint density at radius 2 is 1.79 bits per heavy atom. The van der Waals surface area contributed by atoms with E-state index in [1.807, 2.05) is 54.6 Å². The lowest BCUT2D eigenvalue weighted by Gasteiger charge is -1.88. The molecule has 0 amide bonds. The molecule has 2 nitrogen and oxygen atoms in total. The van der Waals surface area contributed by atoms with Crippen molar-refractivity contribution in [3.05, 3.63) is 60.2 Å². The normalized spacial score (nSPS) is 10.1. The fraction of sp³-hybridized carbons (Fsp3) is 0.0625. The molecule has 92 valence electrons. The van der Waals surface area contributed by atoms with Crippen molar-refractivity contribution < 1.29 is 4.42 Å². The van der Waals surface area contributed by atoms with Gasteiger partial charge in [0.15, 0.2) is 5.58 Å². The Balaban J connectivity index is 1.65. The number of benzene rings is 2. The molecule has 0 aliphatic rings. The van der Waals surface area contributed by atoms with Crippen LogP contribution in [0, 0.1) is 11.8 Å². The van der Waals surface area contributed by atoms with E-state index in [1.54, 1.807) is 0 Å². The standard InChI is InChI=1S/C16H11NOS/c1-2-7-13(8-3-1)9-6-12-19-16-17-14-10-4-5-11-15(14)18-16/h1-5,7-8,10-11H,12H2. The fourth-order valence-corrected chi connectivity index (χ4v) is 2.25. The highest BCUT2D eigenvalue weighted by Crippen LogP contribution is 2.22.